The van der Waals surface area contributed by atoms with Crippen LogP contribution >= 0.6 is 11.6 Å². The molecule has 1 aromatic rings. The molecule has 1 heterocycles. The van der Waals surface area contributed by atoms with Gasteiger partial charge < -0.3 is 0 Å². The molecular formula is C15H22ClN. The lowest BCUT2D eigenvalue weighted by Crippen LogP contribution is -2.48. The number of benzene rings is 1. The minimum atomic E-state index is 0.258. The Bertz CT molecular complexity index is 350. The van der Waals surface area contributed by atoms with E-state index in [0.29, 0.717) is 0 Å². The number of hydrogen-bond acceptors (Lipinski definition) is 1. The zero-order chi connectivity index (χ0) is 12.3. The summed E-state index contributed by atoms with van der Waals surface area (Å²) in [6.45, 7) is 7.21. The third kappa shape index (κ3) is 3.46. The van der Waals surface area contributed by atoms with Gasteiger partial charge in [-0.2, -0.15) is 0 Å². The molecule has 0 aliphatic carbocycles. The van der Waals surface area contributed by atoms with Crippen LogP contribution in [0.3, 0.4) is 0 Å². The monoisotopic (exact) mass is 251 g/mol. The summed E-state index contributed by atoms with van der Waals surface area (Å²) in [5.41, 5.74) is 1.64. The summed E-state index contributed by atoms with van der Waals surface area (Å²) in [6.07, 6.45) is 5.20. The molecule has 0 amide bonds. The van der Waals surface area contributed by atoms with Crippen LogP contribution in [0.4, 0.5) is 0 Å². The summed E-state index contributed by atoms with van der Waals surface area (Å²) in [5.74, 6) is 0. The molecule has 1 nitrogen and oxygen atoms in total. The van der Waals surface area contributed by atoms with Crippen LogP contribution in [0.2, 0.25) is 5.02 Å². The van der Waals surface area contributed by atoms with Gasteiger partial charge in [-0.25, -0.2) is 0 Å². The number of likely N-dealkylation sites (tertiary alicyclic amines) is 1. The molecule has 0 bridgehead atoms. The molecule has 1 aromatic carbocycles. The third-order valence-corrected chi connectivity index (χ3v) is 4.01. The van der Waals surface area contributed by atoms with Gasteiger partial charge in [0.2, 0.25) is 0 Å². The Kier molecular flexibility index (Phi) is 4.11. The van der Waals surface area contributed by atoms with Crippen molar-refractivity contribution in [3.8, 4) is 0 Å². The van der Waals surface area contributed by atoms with E-state index >= 15 is 0 Å². The highest BCUT2D eigenvalue weighted by molar-refractivity contribution is 6.30. The minimum absolute atomic E-state index is 0.258. The largest absolute Gasteiger partial charge is 0.298 e. The first kappa shape index (κ1) is 12.9. The average Bonchev–Trinajstić information content (AvgIpc) is 2.33. The Labute approximate surface area is 110 Å². The Morgan fingerprint density at radius 1 is 1.06 bits per heavy atom. The summed E-state index contributed by atoms with van der Waals surface area (Å²) < 4.78 is 0. The van der Waals surface area contributed by atoms with Gasteiger partial charge in [-0.05, 0) is 63.9 Å². The average molecular weight is 252 g/mol. The minimum Gasteiger partial charge on any atom is -0.298 e. The molecule has 2 heteroatoms. The van der Waals surface area contributed by atoms with Gasteiger partial charge in [0.1, 0.15) is 0 Å². The Balaban J connectivity index is 2.02. The van der Waals surface area contributed by atoms with Crippen molar-refractivity contribution in [2.24, 2.45) is 0 Å². The van der Waals surface area contributed by atoms with Crippen LogP contribution in [0, 0.1) is 0 Å². The molecule has 0 radical (unpaired) electrons. The number of piperidine rings is 1. The fourth-order valence-electron chi connectivity index (χ4n) is 2.71. The molecule has 1 fully saturated rings. The molecule has 2 rings (SSSR count). The Morgan fingerprint density at radius 3 is 2.24 bits per heavy atom. The van der Waals surface area contributed by atoms with Crippen LogP contribution in [-0.4, -0.2) is 23.5 Å². The van der Waals surface area contributed by atoms with Crippen LogP contribution in [0.15, 0.2) is 24.3 Å². The second-order valence-electron chi connectivity index (χ2n) is 5.66. The second-order valence-corrected chi connectivity index (χ2v) is 6.10. The fourth-order valence-corrected chi connectivity index (χ4v) is 2.84. The van der Waals surface area contributed by atoms with Crippen molar-refractivity contribution in [1.82, 2.24) is 4.90 Å². The standard InChI is InChI=1S/C15H22ClN/c1-15(2,17-10-4-3-5-11-17)12-13-6-8-14(16)9-7-13/h6-9H,3-5,10-12H2,1-2H3. The van der Waals surface area contributed by atoms with Crippen molar-refractivity contribution in [2.45, 2.75) is 45.1 Å². The number of rotatable bonds is 3. The van der Waals surface area contributed by atoms with Crippen LogP contribution < -0.4 is 0 Å². The van der Waals surface area contributed by atoms with E-state index < -0.39 is 0 Å². The normalized spacial score (nSPS) is 18.3. The van der Waals surface area contributed by atoms with E-state index in [4.69, 9.17) is 11.6 Å². The van der Waals surface area contributed by atoms with Gasteiger partial charge in [0.15, 0.2) is 0 Å². The lowest BCUT2D eigenvalue weighted by molar-refractivity contribution is 0.0956. The predicted octanol–water partition coefficient (Wildman–Crippen LogP) is 4.15. The number of halogens is 1. The van der Waals surface area contributed by atoms with Crippen LogP contribution in [0.1, 0.15) is 38.7 Å². The Hall–Kier alpha value is -0.530. The SMILES string of the molecule is CC(C)(Cc1ccc(Cl)cc1)N1CCCCC1. The summed E-state index contributed by atoms with van der Waals surface area (Å²) in [5, 5.41) is 0.824. The van der Waals surface area contributed by atoms with Gasteiger partial charge in [-0.3, -0.25) is 4.90 Å². The van der Waals surface area contributed by atoms with E-state index in [9.17, 15) is 0 Å². The van der Waals surface area contributed by atoms with E-state index in [0.717, 1.165) is 11.4 Å². The third-order valence-electron chi connectivity index (χ3n) is 3.76. The van der Waals surface area contributed by atoms with Crippen LogP contribution in [0.5, 0.6) is 0 Å². The molecular weight excluding hydrogens is 230 g/mol. The van der Waals surface area contributed by atoms with Gasteiger partial charge in [-0.15, -0.1) is 0 Å². The lowest BCUT2D eigenvalue weighted by atomic mass is 9.91. The first-order chi connectivity index (χ1) is 8.08. The van der Waals surface area contributed by atoms with Crippen molar-refractivity contribution in [3.05, 3.63) is 34.9 Å². The molecule has 1 saturated heterocycles. The van der Waals surface area contributed by atoms with E-state index in [1.54, 1.807) is 0 Å². The molecule has 1 aliphatic rings. The van der Waals surface area contributed by atoms with Crippen molar-refractivity contribution in [3.63, 3.8) is 0 Å². The van der Waals surface area contributed by atoms with Crippen molar-refractivity contribution >= 4 is 11.6 Å². The van der Waals surface area contributed by atoms with Crippen LogP contribution in [-0.2, 0) is 6.42 Å². The van der Waals surface area contributed by atoms with Gasteiger partial charge in [0.25, 0.3) is 0 Å². The summed E-state index contributed by atoms with van der Waals surface area (Å²) in [7, 11) is 0. The first-order valence-electron chi connectivity index (χ1n) is 6.57. The maximum Gasteiger partial charge on any atom is 0.0406 e. The zero-order valence-corrected chi connectivity index (χ0v) is 11.6. The highest BCUT2D eigenvalue weighted by Crippen LogP contribution is 2.25. The molecule has 17 heavy (non-hydrogen) atoms. The number of hydrogen-bond donors (Lipinski definition) is 0. The summed E-state index contributed by atoms with van der Waals surface area (Å²) in [6, 6.07) is 8.27. The molecule has 0 N–H and O–H groups in total. The van der Waals surface area contributed by atoms with E-state index in [1.807, 2.05) is 12.1 Å². The summed E-state index contributed by atoms with van der Waals surface area (Å²) in [4.78, 5) is 2.63. The van der Waals surface area contributed by atoms with Gasteiger partial charge in [0, 0.05) is 10.6 Å². The van der Waals surface area contributed by atoms with Gasteiger partial charge >= 0.3 is 0 Å². The fraction of sp³-hybridized carbons (Fsp3) is 0.600. The number of nitrogens with zero attached hydrogens (tertiary/aromatic N) is 1. The molecule has 0 spiro atoms. The molecule has 1 aliphatic heterocycles. The highest BCUT2D eigenvalue weighted by Gasteiger charge is 2.27. The highest BCUT2D eigenvalue weighted by atomic mass is 35.5. The predicted molar refractivity (Wildman–Crippen MR) is 74.7 cm³/mol. The van der Waals surface area contributed by atoms with Crippen molar-refractivity contribution in [2.75, 3.05) is 13.1 Å². The van der Waals surface area contributed by atoms with E-state index in [-0.39, 0.29) is 5.54 Å². The van der Waals surface area contributed by atoms with E-state index in [2.05, 4.69) is 30.9 Å². The first-order valence-corrected chi connectivity index (χ1v) is 6.95. The van der Waals surface area contributed by atoms with Gasteiger partial charge in [-0.1, -0.05) is 30.2 Å². The smallest absolute Gasteiger partial charge is 0.0406 e. The lowest BCUT2D eigenvalue weighted by Gasteiger charge is -2.41. The quantitative estimate of drug-likeness (QED) is 0.780. The molecule has 0 unspecified atom stereocenters. The molecule has 0 aromatic heterocycles. The molecule has 0 atom stereocenters. The second kappa shape index (κ2) is 5.41. The molecule has 94 valence electrons. The van der Waals surface area contributed by atoms with Crippen LogP contribution in [0.25, 0.3) is 0 Å². The molecule has 0 saturated carbocycles. The summed E-state index contributed by atoms with van der Waals surface area (Å²) >= 11 is 5.92. The Morgan fingerprint density at radius 2 is 1.65 bits per heavy atom. The topological polar surface area (TPSA) is 3.24 Å². The van der Waals surface area contributed by atoms with Crippen molar-refractivity contribution in [1.29, 1.82) is 0 Å². The maximum absolute atomic E-state index is 5.92. The van der Waals surface area contributed by atoms with E-state index in [1.165, 1.54) is 37.9 Å². The maximum atomic E-state index is 5.92. The zero-order valence-electron chi connectivity index (χ0n) is 10.9. The van der Waals surface area contributed by atoms with Gasteiger partial charge in [0.05, 0.1) is 0 Å². The van der Waals surface area contributed by atoms with Crippen molar-refractivity contribution < 1.29 is 0 Å².